The number of urea groups is 1. The predicted octanol–water partition coefficient (Wildman–Crippen LogP) is 4.48. The Hall–Kier alpha value is -3.28. The standard InChI is InChI=1S/C22H24N4O2/c1-3-20(16-7-5-4-6-8-16)26-12-11-25(22(26)27)18-9-10-19(21(13-18)28-2)17-14-23-24-15-17/h4-10,13-15,20H,3,11-12H2,1-2H3,(H,23,24). The van der Waals surface area contributed by atoms with Crippen LogP contribution in [0, 0.1) is 0 Å². The van der Waals surface area contributed by atoms with Gasteiger partial charge in [0, 0.05) is 42.2 Å². The molecule has 6 nitrogen and oxygen atoms in total. The summed E-state index contributed by atoms with van der Waals surface area (Å²) >= 11 is 0. The Kier molecular flexibility index (Phi) is 5.02. The summed E-state index contributed by atoms with van der Waals surface area (Å²) in [4.78, 5) is 17.0. The van der Waals surface area contributed by atoms with Crippen molar-refractivity contribution >= 4 is 11.7 Å². The summed E-state index contributed by atoms with van der Waals surface area (Å²) in [6.45, 7) is 3.49. The minimum atomic E-state index is 0.0359. The zero-order chi connectivity index (χ0) is 19.5. The molecule has 1 aromatic heterocycles. The maximum atomic E-state index is 13.2. The number of nitrogens with one attached hydrogen (secondary N) is 1. The van der Waals surface area contributed by atoms with E-state index in [2.05, 4.69) is 29.3 Å². The molecule has 1 aliphatic rings. The number of amides is 2. The zero-order valence-corrected chi connectivity index (χ0v) is 16.1. The second-order valence-corrected chi connectivity index (χ2v) is 6.83. The van der Waals surface area contributed by atoms with Crippen molar-refractivity contribution in [2.75, 3.05) is 25.1 Å². The number of carbonyl (C=O) groups excluding carboxylic acids is 1. The molecule has 2 heterocycles. The van der Waals surface area contributed by atoms with Crippen LogP contribution in [0.4, 0.5) is 10.5 Å². The lowest BCUT2D eigenvalue weighted by Gasteiger charge is -2.27. The second kappa shape index (κ2) is 7.76. The average molecular weight is 376 g/mol. The number of hydrogen-bond donors (Lipinski definition) is 1. The second-order valence-electron chi connectivity index (χ2n) is 6.83. The van der Waals surface area contributed by atoms with Crippen molar-refractivity contribution in [3.8, 4) is 16.9 Å². The van der Waals surface area contributed by atoms with Crippen LogP contribution in [0.2, 0.25) is 0 Å². The predicted molar refractivity (Wildman–Crippen MR) is 109 cm³/mol. The summed E-state index contributed by atoms with van der Waals surface area (Å²) in [6, 6.07) is 16.2. The molecule has 0 saturated carbocycles. The molecule has 0 spiro atoms. The van der Waals surface area contributed by atoms with Gasteiger partial charge in [-0.1, -0.05) is 37.3 Å². The van der Waals surface area contributed by atoms with E-state index >= 15 is 0 Å². The van der Waals surface area contributed by atoms with Gasteiger partial charge in [0.05, 0.1) is 19.3 Å². The molecule has 2 amide bonds. The molecule has 3 aromatic rings. The van der Waals surface area contributed by atoms with E-state index in [1.807, 2.05) is 52.4 Å². The lowest BCUT2D eigenvalue weighted by atomic mass is 10.0. The molecule has 1 atom stereocenters. The number of methoxy groups -OCH3 is 1. The first-order valence-electron chi connectivity index (χ1n) is 9.53. The average Bonchev–Trinajstić information content (AvgIpc) is 3.40. The molecule has 2 aromatic carbocycles. The van der Waals surface area contributed by atoms with Gasteiger partial charge in [-0.25, -0.2) is 4.79 Å². The van der Waals surface area contributed by atoms with Crippen molar-refractivity contribution in [2.45, 2.75) is 19.4 Å². The molecule has 1 unspecified atom stereocenters. The van der Waals surface area contributed by atoms with Gasteiger partial charge in [0.15, 0.2) is 0 Å². The highest BCUT2D eigenvalue weighted by molar-refractivity contribution is 5.95. The third-order valence-electron chi connectivity index (χ3n) is 5.29. The molecule has 1 fully saturated rings. The fourth-order valence-corrected chi connectivity index (χ4v) is 3.88. The summed E-state index contributed by atoms with van der Waals surface area (Å²) in [6.07, 6.45) is 4.46. The molecule has 1 saturated heterocycles. The summed E-state index contributed by atoms with van der Waals surface area (Å²) in [5.74, 6) is 0.722. The van der Waals surface area contributed by atoms with Crippen LogP contribution in [-0.4, -0.2) is 41.3 Å². The van der Waals surface area contributed by atoms with Crippen LogP contribution >= 0.6 is 0 Å². The van der Waals surface area contributed by atoms with Gasteiger partial charge in [-0.2, -0.15) is 5.10 Å². The summed E-state index contributed by atoms with van der Waals surface area (Å²) in [7, 11) is 1.64. The quantitative estimate of drug-likeness (QED) is 0.690. The Morgan fingerprint density at radius 1 is 1.18 bits per heavy atom. The highest BCUT2D eigenvalue weighted by Gasteiger charge is 2.34. The van der Waals surface area contributed by atoms with Crippen LogP contribution in [0.15, 0.2) is 60.9 Å². The summed E-state index contributed by atoms with van der Waals surface area (Å²) < 4.78 is 5.58. The maximum absolute atomic E-state index is 13.2. The van der Waals surface area contributed by atoms with Gasteiger partial charge in [-0.3, -0.25) is 10.00 Å². The van der Waals surface area contributed by atoms with Crippen LogP contribution in [0.3, 0.4) is 0 Å². The van der Waals surface area contributed by atoms with Crippen molar-refractivity contribution in [3.63, 3.8) is 0 Å². The molecule has 144 valence electrons. The number of ether oxygens (including phenoxy) is 1. The SMILES string of the molecule is CCC(c1ccccc1)N1CCN(c2ccc(-c3cn[nH]c3)c(OC)c2)C1=O. The van der Waals surface area contributed by atoms with Gasteiger partial charge in [0.1, 0.15) is 5.75 Å². The first kappa shape index (κ1) is 18.1. The molecule has 1 aliphatic heterocycles. The number of H-pyrrole nitrogens is 1. The first-order valence-corrected chi connectivity index (χ1v) is 9.53. The molecule has 28 heavy (non-hydrogen) atoms. The van der Waals surface area contributed by atoms with Crippen molar-refractivity contribution in [3.05, 3.63) is 66.5 Å². The first-order chi connectivity index (χ1) is 13.7. The fraction of sp³-hybridized carbons (Fsp3) is 0.273. The van der Waals surface area contributed by atoms with E-state index in [0.29, 0.717) is 13.1 Å². The molecule has 0 radical (unpaired) electrons. The van der Waals surface area contributed by atoms with Gasteiger partial charge in [0.2, 0.25) is 0 Å². The van der Waals surface area contributed by atoms with Crippen molar-refractivity contribution in [1.29, 1.82) is 0 Å². The third kappa shape index (κ3) is 3.22. The van der Waals surface area contributed by atoms with Gasteiger partial charge in [0.25, 0.3) is 0 Å². The molecular formula is C22H24N4O2. The number of aromatic nitrogens is 2. The van der Waals surface area contributed by atoms with Gasteiger partial charge in [-0.05, 0) is 24.1 Å². The molecule has 0 bridgehead atoms. The van der Waals surface area contributed by atoms with E-state index in [9.17, 15) is 4.79 Å². The topological polar surface area (TPSA) is 61.5 Å². The Morgan fingerprint density at radius 3 is 2.68 bits per heavy atom. The van der Waals surface area contributed by atoms with Crippen LogP contribution in [0.5, 0.6) is 5.75 Å². The van der Waals surface area contributed by atoms with E-state index in [-0.39, 0.29) is 12.1 Å². The molecule has 1 N–H and O–H groups in total. The van der Waals surface area contributed by atoms with Crippen molar-refractivity contribution in [1.82, 2.24) is 15.1 Å². The number of aromatic amines is 1. The molecular weight excluding hydrogens is 352 g/mol. The normalized spacial score (nSPS) is 15.1. The number of nitrogens with zero attached hydrogens (tertiary/aromatic N) is 3. The lowest BCUT2D eigenvalue weighted by Crippen LogP contribution is -2.34. The van der Waals surface area contributed by atoms with Crippen LogP contribution < -0.4 is 9.64 Å². The number of rotatable bonds is 6. The van der Waals surface area contributed by atoms with Gasteiger partial charge >= 0.3 is 6.03 Å². The highest BCUT2D eigenvalue weighted by Crippen LogP contribution is 2.36. The molecule has 0 aliphatic carbocycles. The minimum absolute atomic E-state index is 0.0359. The van der Waals surface area contributed by atoms with E-state index in [1.54, 1.807) is 13.3 Å². The van der Waals surface area contributed by atoms with Crippen LogP contribution in [0.25, 0.3) is 11.1 Å². The number of carbonyl (C=O) groups is 1. The summed E-state index contributed by atoms with van der Waals surface area (Å²) in [5.41, 5.74) is 3.92. The van der Waals surface area contributed by atoms with Gasteiger partial charge in [-0.15, -0.1) is 0 Å². The minimum Gasteiger partial charge on any atom is -0.496 e. The van der Waals surface area contributed by atoms with E-state index in [1.165, 1.54) is 5.56 Å². The number of anilines is 1. The van der Waals surface area contributed by atoms with Gasteiger partial charge < -0.3 is 9.64 Å². The van der Waals surface area contributed by atoms with E-state index in [4.69, 9.17) is 4.74 Å². The van der Waals surface area contributed by atoms with Crippen molar-refractivity contribution in [2.24, 2.45) is 0 Å². The number of hydrogen-bond acceptors (Lipinski definition) is 3. The number of benzene rings is 2. The Morgan fingerprint density at radius 2 is 2.00 bits per heavy atom. The highest BCUT2D eigenvalue weighted by atomic mass is 16.5. The van der Waals surface area contributed by atoms with Crippen LogP contribution in [0.1, 0.15) is 24.9 Å². The maximum Gasteiger partial charge on any atom is 0.325 e. The Labute approximate surface area is 164 Å². The monoisotopic (exact) mass is 376 g/mol. The Balaban J connectivity index is 1.60. The molecule has 6 heteroatoms. The zero-order valence-electron chi connectivity index (χ0n) is 16.1. The largest absolute Gasteiger partial charge is 0.496 e. The fourth-order valence-electron chi connectivity index (χ4n) is 3.88. The summed E-state index contributed by atoms with van der Waals surface area (Å²) in [5, 5.41) is 6.82. The van der Waals surface area contributed by atoms with Crippen molar-refractivity contribution < 1.29 is 9.53 Å². The lowest BCUT2D eigenvalue weighted by molar-refractivity contribution is 0.199. The third-order valence-corrected chi connectivity index (χ3v) is 5.29. The van der Waals surface area contributed by atoms with E-state index in [0.717, 1.165) is 29.0 Å². The molecule has 4 rings (SSSR count). The van der Waals surface area contributed by atoms with Crippen LogP contribution in [-0.2, 0) is 0 Å². The smallest absolute Gasteiger partial charge is 0.325 e. The van der Waals surface area contributed by atoms with E-state index < -0.39 is 0 Å². The Bertz CT molecular complexity index is 940.